The van der Waals surface area contributed by atoms with E-state index in [4.69, 9.17) is 4.74 Å². The molecule has 6 nitrogen and oxygen atoms in total. The van der Waals surface area contributed by atoms with Gasteiger partial charge in [-0.15, -0.1) is 13.2 Å². The molecule has 31 heavy (non-hydrogen) atoms. The van der Waals surface area contributed by atoms with Gasteiger partial charge in [-0.2, -0.15) is 11.8 Å². The summed E-state index contributed by atoms with van der Waals surface area (Å²) < 4.78 is 45.9. The third-order valence-electron chi connectivity index (χ3n) is 4.00. The highest BCUT2D eigenvalue weighted by atomic mass is 32.2. The number of carbonyl (C=O) groups excluding carboxylic acids is 2. The van der Waals surface area contributed by atoms with E-state index in [1.807, 2.05) is 12.3 Å². The molecule has 0 bridgehead atoms. The topological polar surface area (TPSA) is 76.7 Å². The van der Waals surface area contributed by atoms with Crippen LogP contribution in [0.25, 0.3) is 0 Å². The van der Waals surface area contributed by atoms with Crippen LogP contribution in [0.4, 0.5) is 13.2 Å². The number of rotatable bonds is 11. The van der Waals surface area contributed by atoms with Crippen molar-refractivity contribution in [1.82, 2.24) is 10.6 Å². The first kappa shape index (κ1) is 24.4. The second-order valence-corrected chi connectivity index (χ2v) is 7.40. The van der Waals surface area contributed by atoms with Crippen molar-refractivity contribution in [2.75, 3.05) is 18.6 Å². The van der Waals surface area contributed by atoms with Gasteiger partial charge in [-0.3, -0.25) is 9.59 Å². The maximum absolute atomic E-state index is 12.5. The molecule has 2 rings (SSSR count). The van der Waals surface area contributed by atoms with E-state index in [9.17, 15) is 22.8 Å². The third-order valence-corrected chi connectivity index (χ3v) is 4.64. The van der Waals surface area contributed by atoms with Crippen LogP contribution in [0, 0.1) is 0 Å². The molecule has 2 N–H and O–H groups in total. The highest BCUT2D eigenvalue weighted by Crippen LogP contribution is 2.22. The van der Waals surface area contributed by atoms with Gasteiger partial charge in [0, 0.05) is 6.54 Å². The van der Waals surface area contributed by atoms with E-state index in [2.05, 4.69) is 15.4 Å². The van der Waals surface area contributed by atoms with Crippen molar-refractivity contribution >= 4 is 23.6 Å². The first-order valence-electron chi connectivity index (χ1n) is 9.35. The van der Waals surface area contributed by atoms with Crippen LogP contribution in [-0.4, -0.2) is 42.8 Å². The molecular formula is C21H23F3N2O4S. The number of alkyl halides is 3. The Morgan fingerprint density at radius 2 is 1.71 bits per heavy atom. The predicted molar refractivity (Wildman–Crippen MR) is 112 cm³/mol. The Kier molecular flexibility index (Phi) is 9.51. The maximum Gasteiger partial charge on any atom is 0.573 e. The summed E-state index contributed by atoms with van der Waals surface area (Å²) in [6.45, 7) is -0.134. The summed E-state index contributed by atoms with van der Waals surface area (Å²) in [5.74, 6) is 0.0322. The number of carbonyl (C=O) groups is 2. The number of hydrogen-bond donors (Lipinski definition) is 2. The van der Waals surface area contributed by atoms with Gasteiger partial charge >= 0.3 is 6.36 Å². The van der Waals surface area contributed by atoms with Crippen LogP contribution in [0.5, 0.6) is 11.5 Å². The number of hydrogen-bond acceptors (Lipinski definition) is 5. The van der Waals surface area contributed by atoms with Crippen LogP contribution in [0.2, 0.25) is 0 Å². The first-order valence-corrected chi connectivity index (χ1v) is 10.7. The standard InChI is InChI=1S/C21H23F3N2O4S/c1-31-12-11-18(26-19(27)14-29-16-5-3-2-4-6-16)20(28)25-13-15-7-9-17(10-8-15)30-21(22,23)24/h2-10,18H,11-14H2,1H3,(H,25,28)(H,26,27). The van der Waals surface area contributed by atoms with Crippen molar-refractivity contribution in [1.29, 1.82) is 0 Å². The van der Waals surface area contributed by atoms with Crippen molar-refractivity contribution in [2.45, 2.75) is 25.4 Å². The Morgan fingerprint density at radius 1 is 1.03 bits per heavy atom. The fraction of sp³-hybridized carbons (Fsp3) is 0.333. The number of para-hydroxylation sites is 1. The van der Waals surface area contributed by atoms with Gasteiger partial charge in [0.15, 0.2) is 6.61 Å². The Morgan fingerprint density at radius 3 is 2.32 bits per heavy atom. The molecule has 2 amide bonds. The fourth-order valence-electron chi connectivity index (χ4n) is 2.53. The van der Waals surface area contributed by atoms with Crippen LogP contribution in [0.15, 0.2) is 54.6 Å². The van der Waals surface area contributed by atoms with E-state index in [1.54, 1.807) is 24.3 Å². The average molecular weight is 456 g/mol. The molecule has 0 saturated heterocycles. The number of thioether (sulfide) groups is 1. The lowest BCUT2D eigenvalue weighted by Gasteiger charge is -2.18. The molecule has 0 aliphatic rings. The van der Waals surface area contributed by atoms with Crippen molar-refractivity contribution in [2.24, 2.45) is 0 Å². The molecule has 2 aromatic carbocycles. The molecule has 0 aliphatic carbocycles. The van der Waals surface area contributed by atoms with Gasteiger partial charge in [-0.25, -0.2) is 0 Å². The summed E-state index contributed by atoms with van der Waals surface area (Å²) in [6.07, 6.45) is -2.45. The molecule has 10 heteroatoms. The first-order chi connectivity index (χ1) is 14.8. The minimum Gasteiger partial charge on any atom is -0.484 e. The summed E-state index contributed by atoms with van der Waals surface area (Å²) in [7, 11) is 0. The molecule has 0 radical (unpaired) electrons. The smallest absolute Gasteiger partial charge is 0.484 e. The number of halogens is 3. The number of ether oxygens (including phenoxy) is 2. The third kappa shape index (κ3) is 9.65. The Hall–Kier alpha value is -2.88. The minimum atomic E-state index is -4.76. The van der Waals surface area contributed by atoms with Crippen molar-refractivity contribution in [3.63, 3.8) is 0 Å². The molecule has 2 aromatic rings. The molecule has 1 unspecified atom stereocenters. The molecule has 0 spiro atoms. The molecular weight excluding hydrogens is 433 g/mol. The zero-order valence-corrected chi connectivity index (χ0v) is 17.6. The molecule has 0 aromatic heterocycles. The van der Waals surface area contributed by atoms with E-state index in [0.29, 0.717) is 23.5 Å². The second kappa shape index (κ2) is 12.1. The van der Waals surface area contributed by atoms with Crippen LogP contribution >= 0.6 is 11.8 Å². The van der Waals surface area contributed by atoms with Crippen molar-refractivity contribution < 1.29 is 32.2 Å². The summed E-state index contributed by atoms with van der Waals surface area (Å²) in [5.41, 5.74) is 0.588. The van der Waals surface area contributed by atoms with E-state index >= 15 is 0 Å². The normalized spacial score (nSPS) is 12.0. The highest BCUT2D eigenvalue weighted by molar-refractivity contribution is 7.98. The summed E-state index contributed by atoms with van der Waals surface area (Å²) in [6, 6.07) is 13.3. The molecule has 0 aliphatic heterocycles. The monoisotopic (exact) mass is 456 g/mol. The lowest BCUT2D eigenvalue weighted by Crippen LogP contribution is -2.48. The molecule has 0 fully saturated rings. The lowest BCUT2D eigenvalue weighted by molar-refractivity contribution is -0.274. The van der Waals surface area contributed by atoms with Crippen LogP contribution in [0.1, 0.15) is 12.0 Å². The van der Waals surface area contributed by atoms with Gasteiger partial charge in [0.25, 0.3) is 5.91 Å². The minimum absolute atomic E-state index is 0.0945. The zero-order chi connectivity index (χ0) is 22.7. The van der Waals surface area contributed by atoms with Crippen LogP contribution in [-0.2, 0) is 16.1 Å². The maximum atomic E-state index is 12.5. The van der Waals surface area contributed by atoms with Gasteiger partial charge in [0.2, 0.25) is 5.91 Å². The molecule has 1 atom stereocenters. The SMILES string of the molecule is CSCCC(NC(=O)COc1ccccc1)C(=O)NCc1ccc(OC(F)(F)F)cc1. The summed E-state index contributed by atoms with van der Waals surface area (Å²) >= 11 is 1.54. The van der Waals surface area contributed by atoms with Crippen molar-refractivity contribution in [3.8, 4) is 11.5 Å². The summed E-state index contributed by atoms with van der Waals surface area (Å²) in [4.78, 5) is 24.7. The van der Waals surface area contributed by atoms with E-state index in [-0.39, 0.29) is 18.9 Å². The van der Waals surface area contributed by atoms with Gasteiger partial charge in [-0.1, -0.05) is 30.3 Å². The zero-order valence-electron chi connectivity index (χ0n) is 16.8. The van der Waals surface area contributed by atoms with Crippen LogP contribution in [0.3, 0.4) is 0 Å². The largest absolute Gasteiger partial charge is 0.573 e. The fourth-order valence-corrected chi connectivity index (χ4v) is 3.00. The lowest BCUT2D eigenvalue weighted by atomic mass is 10.2. The molecule has 168 valence electrons. The Labute approximate surface area is 182 Å². The quantitative estimate of drug-likeness (QED) is 0.541. The highest BCUT2D eigenvalue weighted by Gasteiger charge is 2.31. The second-order valence-electron chi connectivity index (χ2n) is 6.41. The van der Waals surface area contributed by atoms with E-state index < -0.39 is 24.2 Å². The predicted octanol–water partition coefficient (Wildman–Crippen LogP) is 3.52. The van der Waals surface area contributed by atoms with E-state index in [0.717, 1.165) is 0 Å². The van der Waals surface area contributed by atoms with Gasteiger partial charge in [-0.05, 0) is 48.3 Å². The van der Waals surface area contributed by atoms with Gasteiger partial charge < -0.3 is 20.1 Å². The van der Waals surface area contributed by atoms with Gasteiger partial charge in [0.05, 0.1) is 0 Å². The molecule has 0 heterocycles. The number of nitrogens with one attached hydrogen (secondary N) is 2. The Bertz CT molecular complexity index is 833. The molecule has 0 saturated carbocycles. The Balaban J connectivity index is 1.86. The van der Waals surface area contributed by atoms with Crippen molar-refractivity contribution in [3.05, 3.63) is 60.2 Å². The van der Waals surface area contributed by atoms with E-state index in [1.165, 1.54) is 36.0 Å². The van der Waals surface area contributed by atoms with Gasteiger partial charge in [0.1, 0.15) is 17.5 Å². The average Bonchev–Trinajstić information content (AvgIpc) is 2.74. The number of benzene rings is 2. The summed E-state index contributed by atoms with van der Waals surface area (Å²) in [5, 5.41) is 5.35. The number of amides is 2. The van der Waals surface area contributed by atoms with Crippen LogP contribution < -0.4 is 20.1 Å².